The Hall–Kier alpha value is -3.10. The van der Waals surface area contributed by atoms with Crippen molar-refractivity contribution in [3.05, 3.63) is 24.4 Å². The number of fused-ring (bicyclic) bond motifs is 1. The second-order valence-electron chi connectivity index (χ2n) is 8.20. The highest BCUT2D eigenvalue weighted by atomic mass is 16.2. The Balaban J connectivity index is 1.26. The molecule has 166 valence electrons. The molecule has 0 unspecified atom stereocenters. The summed E-state index contributed by atoms with van der Waals surface area (Å²) in [5.41, 5.74) is 1.85. The molecule has 31 heavy (non-hydrogen) atoms. The van der Waals surface area contributed by atoms with E-state index in [-0.39, 0.29) is 30.6 Å². The van der Waals surface area contributed by atoms with E-state index in [1.165, 1.54) is 0 Å². The summed E-state index contributed by atoms with van der Waals surface area (Å²) in [6.07, 6.45) is 5.44. The second kappa shape index (κ2) is 9.36. The van der Waals surface area contributed by atoms with E-state index in [0.717, 1.165) is 49.6 Å². The maximum Gasteiger partial charge on any atom is 0.228 e. The van der Waals surface area contributed by atoms with Gasteiger partial charge in [0, 0.05) is 71.3 Å². The van der Waals surface area contributed by atoms with Crippen molar-refractivity contribution in [3.8, 4) is 11.4 Å². The van der Waals surface area contributed by atoms with Crippen LogP contribution in [0.15, 0.2) is 24.4 Å². The van der Waals surface area contributed by atoms with Gasteiger partial charge in [-0.3, -0.25) is 19.3 Å². The number of hydrogen-bond acceptors (Lipinski definition) is 4. The summed E-state index contributed by atoms with van der Waals surface area (Å²) >= 11 is 0. The molecule has 2 aliphatic heterocycles. The smallest absolute Gasteiger partial charge is 0.228 e. The minimum atomic E-state index is -0.129. The van der Waals surface area contributed by atoms with Crippen LogP contribution in [0.5, 0.6) is 0 Å². The first-order valence-electron chi connectivity index (χ1n) is 11.1. The van der Waals surface area contributed by atoms with Gasteiger partial charge in [0.15, 0.2) is 0 Å². The van der Waals surface area contributed by atoms with Crippen molar-refractivity contribution in [3.63, 3.8) is 0 Å². The van der Waals surface area contributed by atoms with Gasteiger partial charge in [0.25, 0.3) is 0 Å². The molecule has 0 saturated carbocycles. The van der Waals surface area contributed by atoms with Crippen LogP contribution >= 0.6 is 0 Å². The van der Waals surface area contributed by atoms with Gasteiger partial charge in [0.05, 0.1) is 5.69 Å². The van der Waals surface area contributed by atoms with Gasteiger partial charge in [-0.05, 0) is 31.4 Å². The number of nitrogens with zero attached hydrogens (tertiary/aromatic N) is 5. The average Bonchev–Trinajstić information content (AvgIpc) is 3.48. The molecule has 9 nitrogen and oxygen atoms in total. The molecule has 0 atom stereocenters. The third kappa shape index (κ3) is 4.81. The van der Waals surface area contributed by atoms with Crippen molar-refractivity contribution in [2.24, 2.45) is 7.05 Å². The predicted octanol–water partition coefficient (Wildman–Crippen LogP) is 1.53. The van der Waals surface area contributed by atoms with Gasteiger partial charge in [0.2, 0.25) is 17.7 Å². The van der Waals surface area contributed by atoms with Crippen LogP contribution in [0.1, 0.15) is 38.5 Å². The highest BCUT2D eigenvalue weighted by molar-refractivity contribution is 5.95. The normalized spacial score (nSPS) is 16.0. The summed E-state index contributed by atoms with van der Waals surface area (Å²) in [6, 6.07) is 5.93. The summed E-state index contributed by atoms with van der Waals surface area (Å²) in [5, 5.41) is 7.52. The van der Waals surface area contributed by atoms with E-state index in [9.17, 15) is 14.4 Å². The number of aryl methyl sites for hydroxylation is 2. The molecule has 4 rings (SSSR count). The van der Waals surface area contributed by atoms with Crippen LogP contribution in [0.3, 0.4) is 0 Å². The predicted molar refractivity (Wildman–Crippen MR) is 116 cm³/mol. The molecule has 1 saturated heterocycles. The highest BCUT2D eigenvalue weighted by Crippen LogP contribution is 2.28. The number of carbonyl (C=O) groups excluding carboxylic acids is 3. The summed E-state index contributed by atoms with van der Waals surface area (Å²) in [5.74, 6) is 0.810. The zero-order valence-electron chi connectivity index (χ0n) is 18.0. The molecule has 0 aliphatic carbocycles. The number of likely N-dealkylation sites (tertiary alicyclic amines) is 1. The molecule has 0 aromatic carbocycles. The minimum absolute atomic E-state index is 0.0582. The maximum absolute atomic E-state index is 12.8. The fourth-order valence-corrected chi connectivity index (χ4v) is 4.27. The molecule has 4 heterocycles. The van der Waals surface area contributed by atoms with E-state index in [2.05, 4.69) is 10.4 Å². The fraction of sp³-hybridized carbons (Fsp3) is 0.545. The lowest BCUT2D eigenvalue weighted by molar-refractivity contribution is -0.127. The van der Waals surface area contributed by atoms with Gasteiger partial charge >= 0.3 is 0 Å². The number of amides is 3. The summed E-state index contributed by atoms with van der Waals surface area (Å²) in [7, 11) is 1.97. The molecule has 1 N–H and O–H groups in total. The first-order valence-corrected chi connectivity index (χ1v) is 11.1. The van der Waals surface area contributed by atoms with Crippen LogP contribution in [0.25, 0.3) is 11.4 Å². The Morgan fingerprint density at radius 1 is 1.16 bits per heavy atom. The van der Waals surface area contributed by atoms with Crippen LogP contribution in [0.4, 0.5) is 5.82 Å². The van der Waals surface area contributed by atoms with E-state index < -0.39 is 0 Å². The number of rotatable bonds is 8. The lowest BCUT2D eigenvalue weighted by Gasteiger charge is -2.27. The zero-order chi connectivity index (χ0) is 21.8. The van der Waals surface area contributed by atoms with E-state index in [0.29, 0.717) is 26.1 Å². The highest BCUT2D eigenvalue weighted by Gasteiger charge is 2.25. The number of hydrogen-bond donors (Lipinski definition) is 1. The Morgan fingerprint density at radius 2 is 2.03 bits per heavy atom. The topological polar surface area (TPSA) is 92.5 Å². The van der Waals surface area contributed by atoms with Crippen molar-refractivity contribution in [2.45, 2.75) is 45.1 Å². The number of anilines is 1. The summed E-state index contributed by atoms with van der Waals surface area (Å²) in [4.78, 5) is 40.2. The van der Waals surface area contributed by atoms with Gasteiger partial charge < -0.3 is 14.8 Å². The molecule has 9 heteroatoms. The molecule has 3 amide bonds. The monoisotopic (exact) mass is 426 g/mol. The van der Waals surface area contributed by atoms with E-state index in [4.69, 9.17) is 0 Å². The van der Waals surface area contributed by atoms with Crippen LogP contribution in [0.2, 0.25) is 0 Å². The van der Waals surface area contributed by atoms with Gasteiger partial charge in [-0.2, -0.15) is 5.10 Å². The van der Waals surface area contributed by atoms with Crippen molar-refractivity contribution >= 4 is 23.5 Å². The molecule has 2 aromatic rings. The Morgan fingerprint density at radius 3 is 2.77 bits per heavy atom. The van der Waals surface area contributed by atoms with Crippen LogP contribution in [-0.4, -0.2) is 63.1 Å². The second-order valence-corrected chi connectivity index (χ2v) is 8.20. The number of aromatic nitrogens is 3. The zero-order valence-corrected chi connectivity index (χ0v) is 18.0. The van der Waals surface area contributed by atoms with Crippen LogP contribution in [-0.2, 0) is 28.0 Å². The molecular weight excluding hydrogens is 396 g/mol. The van der Waals surface area contributed by atoms with Crippen molar-refractivity contribution in [2.75, 3.05) is 31.1 Å². The van der Waals surface area contributed by atoms with Crippen molar-refractivity contribution < 1.29 is 14.4 Å². The lowest BCUT2D eigenvalue weighted by atomic mass is 10.2. The van der Waals surface area contributed by atoms with E-state index >= 15 is 0 Å². The largest absolute Gasteiger partial charge is 0.356 e. The third-order valence-corrected chi connectivity index (χ3v) is 5.96. The van der Waals surface area contributed by atoms with Gasteiger partial charge in [0.1, 0.15) is 11.5 Å². The van der Waals surface area contributed by atoms with Crippen LogP contribution < -0.4 is 10.2 Å². The summed E-state index contributed by atoms with van der Waals surface area (Å²) in [6.45, 7) is 3.44. The van der Waals surface area contributed by atoms with E-state index in [1.54, 1.807) is 4.90 Å². The molecule has 2 aromatic heterocycles. The Bertz CT molecular complexity index is 962. The standard InChI is InChI=1S/C22H30N6O3/c1-25-11-2-6-18(25)17-16-20-27(14-5-15-28(20)24-17)22(31)9-8-19(29)23-10-4-13-26-12-3-7-21(26)30/h2,6,11,16H,3-5,7-10,12-15H2,1H3,(H,23,29). The summed E-state index contributed by atoms with van der Waals surface area (Å²) < 4.78 is 3.88. The quantitative estimate of drug-likeness (QED) is 0.648. The number of nitrogens with one attached hydrogen (secondary N) is 1. The SMILES string of the molecule is Cn1cccc1-c1cc2n(n1)CCCN2C(=O)CCC(=O)NCCCN1CCCC1=O. The molecule has 0 bridgehead atoms. The maximum atomic E-state index is 12.8. The van der Waals surface area contributed by atoms with Gasteiger partial charge in [-0.25, -0.2) is 4.68 Å². The van der Waals surface area contributed by atoms with Crippen molar-refractivity contribution in [1.29, 1.82) is 0 Å². The average molecular weight is 427 g/mol. The van der Waals surface area contributed by atoms with Gasteiger partial charge in [-0.1, -0.05) is 0 Å². The Labute approximate surface area is 182 Å². The molecule has 1 fully saturated rings. The van der Waals surface area contributed by atoms with Gasteiger partial charge in [-0.15, -0.1) is 0 Å². The lowest BCUT2D eigenvalue weighted by Crippen LogP contribution is -2.38. The van der Waals surface area contributed by atoms with Crippen LogP contribution in [0, 0.1) is 0 Å². The van der Waals surface area contributed by atoms with E-state index in [1.807, 2.05) is 45.6 Å². The Kier molecular flexibility index (Phi) is 6.39. The molecule has 2 aliphatic rings. The first kappa shape index (κ1) is 21.1. The molecular formula is C22H30N6O3. The molecule has 0 spiro atoms. The number of carbonyl (C=O) groups is 3. The molecule has 0 radical (unpaired) electrons. The first-order chi connectivity index (χ1) is 15.0. The minimum Gasteiger partial charge on any atom is -0.356 e. The fourth-order valence-electron chi connectivity index (χ4n) is 4.27. The van der Waals surface area contributed by atoms with Crippen molar-refractivity contribution in [1.82, 2.24) is 24.6 Å². The third-order valence-electron chi connectivity index (χ3n) is 5.96.